The quantitative estimate of drug-likeness (QED) is 0.379. The highest BCUT2D eigenvalue weighted by atomic mass is 32.2. The second-order valence-corrected chi connectivity index (χ2v) is 12.4. The first kappa shape index (κ1) is 25.4. The maximum atomic E-state index is 12.0. The van der Waals surface area contributed by atoms with Gasteiger partial charge in [0, 0.05) is 24.4 Å². The third-order valence-electron chi connectivity index (χ3n) is 7.13. The van der Waals surface area contributed by atoms with E-state index in [1.54, 1.807) is 36.1 Å². The third-order valence-corrected chi connectivity index (χ3v) is 8.26. The number of anilines is 3. The Labute approximate surface area is 208 Å². The fraction of sp³-hybridized carbons (Fsp3) is 0.440. The summed E-state index contributed by atoms with van der Waals surface area (Å²) in [7, 11) is -3.88. The Morgan fingerprint density at radius 1 is 1.03 bits per heavy atom. The first-order valence-electron chi connectivity index (χ1n) is 11.6. The van der Waals surface area contributed by atoms with Gasteiger partial charge in [-0.3, -0.25) is 15.7 Å². The van der Waals surface area contributed by atoms with Gasteiger partial charge < -0.3 is 14.2 Å². The SMILES string of the molecule is CC(=N)N1C(=N)C(C)CN(c2ccc(S(C)(=O)=O)cc2)c2cc(B3OC(C)(C)C(C)(C)O3)ccc21. The minimum atomic E-state index is -3.32. The molecule has 2 aliphatic heterocycles. The molecule has 8 nitrogen and oxygen atoms in total. The number of fused-ring (bicyclic) bond motifs is 1. The largest absolute Gasteiger partial charge is 0.494 e. The zero-order valence-corrected chi connectivity index (χ0v) is 22.2. The van der Waals surface area contributed by atoms with Crippen LogP contribution in [0.3, 0.4) is 0 Å². The number of rotatable bonds is 3. The number of hydrogen-bond acceptors (Lipinski definition) is 7. The molecule has 2 N–H and O–H groups in total. The lowest BCUT2D eigenvalue weighted by Gasteiger charge is -2.32. The average molecular weight is 496 g/mol. The summed E-state index contributed by atoms with van der Waals surface area (Å²) in [5.74, 6) is 0.399. The summed E-state index contributed by atoms with van der Waals surface area (Å²) in [5, 5.41) is 17.2. The van der Waals surface area contributed by atoms with Gasteiger partial charge in [-0.05, 0) is 76.5 Å². The van der Waals surface area contributed by atoms with E-state index in [1.165, 1.54) is 6.26 Å². The fourth-order valence-electron chi connectivity index (χ4n) is 4.36. The lowest BCUT2D eigenvalue weighted by atomic mass is 9.78. The van der Waals surface area contributed by atoms with Crippen LogP contribution in [0.5, 0.6) is 0 Å². The molecule has 0 spiro atoms. The Hall–Kier alpha value is -2.69. The second kappa shape index (κ2) is 8.46. The number of amidine groups is 2. The summed E-state index contributed by atoms with van der Waals surface area (Å²) in [6.07, 6.45) is 1.19. The molecule has 4 rings (SSSR count). The van der Waals surface area contributed by atoms with Gasteiger partial charge >= 0.3 is 7.12 Å². The van der Waals surface area contributed by atoms with Gasteiger partial charge in [-0.2, -0.15) is 0 Å². The number of nitrogens with zero attached hydrogens (tertiary/aromatic N) is 2. The van der Waals surface area contributed by atoms with E-state index >= 15 is 0 Å². The molecule has 0 radical (unpaired) electrons. The molecule has 0 amide bonds. The van der Waals surface area contributed by atoms with Gasteiger partial charge in [-0.25, -0.2) is 8.42 Å². The smallest absolute Gasteiger partial charge is 0.399 e. The highest BCUT2D eigenvalue weighted by molar-refractivity contribution is 7.90. The Morgan fingerprint density at radius 3 is 2.11 bits per heavy atom. The number of sulfone groups is 1. The Balaban J connectivity index is 1.86. The van der Waals surface area contributed by atoms with Crippen LogP contribution in [-0.2, 0) is 19.1 Å². The van der Waals surface area contributed by atoms with Crippen molar-refractivity contribution in [3.05, 3.63) is 42.5 Å². The summed E-state index contributed by atoms with van der Waals surface area (Å²) in [5.41, 5.74) is 2.17. The van der Waals surface area contributed by atoms with Crippen molar-refractivity contribution in [1.82, 2.24) is 0 Å². The summed E-state index contributed by atoms with van der Waals surface area (Å²) < 4.78 is 36.5. The van der Waals surface area contributed by atoms with Gasteiger partial charge in [0.2, 0.25) is 0 Å². The monoisotopic (exact) mass is 496 g/mol. The molecule has 1 fully saturated rings. The Kier molecular flexibility index (Phi) is 6.14. The predicted octanol–water partition coefficient (Wildman–Crippen LogP) is 3.96. The van der Waals surface area contributed by atoms with Crippen LogP contribution in [-0.4, -0.2) is 51.2 Å². The summed E-state index contributed by atoms with van der Waals surface area (Å²) in [6, 6.07) is 12.6. The molecule has 2 aromatic carbocycles. The van der Waals surface area contributed by atoms with Crippen LogP contribution >= 0.6 is 0 Å². The molecule has 10 heteroatoms. The molecule has 2 aliphatic rings. The molecule has 0 bridgehead atoms. The predicted molar refractivity (Wildman–Crippen MR) is 141 cm³/mol. The van der Waals surface area contributed by atoms with E-state index in [-0.39, 0.29) is 16.6 Å². The van der Waals surface area contributed by atoms with E-state index in [1.807, 2.05) is 52.8 Å². The van der Waals surface area contributed by atoms with Crippen LogP contribution in [0.25, 0.3) is 0 Å². The van der Waals surface area contributed by atoms with Crippen molar-refractivity contribution >= 4 is 51.2 Å². The highest BCUT2D eigenvalue weighted by Gasteiger charge is 2.52. The Morgan fingerprint density at radius 2 is 1.60 bits per heavy atom. The molecule has 2 heterocycles. The maximum absolute atomic E-state index is 12.0. The maximum Gasteiger partial charge on any atom is 0.494 e. The van der Waals surface area contributed by atoms with Crippen molar-refractivity contribution in [1.29, 1.82) is 10.8 Å². The van der Waals surface area contributed by atoms with Crippen molar-refractivity contribution in [2.45, 2.75) is 57.6 Å². The molecule has 0 saturated carbocycles. The third kappa shape index (κ3) is 4.50. The van der Waals surface area contributed by atoms with E-state index in [2.05, 4.69) is 4.90 Å². The Bertz CT molecular complexity index is 1280. The lowest BCUT2D eigenvalue weighted by Crippen LogP contribution is -2.41. The van der Waals surface area contributed by atoms with E-state index in [9.17, 15) is 8.42 Å². The summed E-state index contributed by atoms with van der Waals surface area (Å²) >= 11 is 0. The zero-order chi connectivity index (χ0) is 25.9. The molecule has 35 heavy (non-hydrogen) atoms. The summed E-state index contributed by atoms with van der Waals surface area (Å²) in [6.45, 7) is 12.1. The van der Waals surface area contributed by atoms with Crippen molar-refractivity contribution in [2.24, 2.45) is 5.92 Å². The van der Waals surface area contributed by atoms with E-state index in [4.69, 9.17) is 20.1 Å². The van der Waals surface area contributed by atoms with Gasteiger partial charge in [-0.1, -0.05) is 13.0 Å². The number of hydrogen-bond donors (Lipinski definition) is 2. The van der Waals surface area contributed by atoms with Crippen LogP contribution in [0.1, 0.15) is 41.5 Å². The van der Waals surface area contributed by atoms with E-state index in [0.29, 0.717) is 18.1 Å². The molecule has 0 aromatic heterocycles. The topological polar surface area (TPSA) is 107 Å². The molecular weight excluding hydrogens is 463 g/mol. The molecule has 1 saturated heterocycles. The average Bonchev–Trinajstić information content (AvgIpc) is 2.91. The first-order chi connectivity index (χ1) is 16.1. The van der Waals surface area contributed by atoms with Gasteiger partial charge in [-0.15, -0.1) is 0 Å². The van der Waals surface area contributed by atoms with Gasteiger partial charge in [0.1, 0.15) is 11.7 Å². The molecule has 1 unspecified atom stereocenters. The van der Waals surface area contributed by atoms with Crippen molar-refractivity contribution < 1.29 is 17.7 Å². The number of nitrogens with one attached hydrogen (secondary N) is 2. The first-order valence-corrected chi connectivity index (χ1v) is 13.5. The lowest BCUT2D eigenvalue weighted by molar-refractivity contribution is 0.00578. The van der Waals surface area contributed by atoms with Crippen LogP contribution in [0.4, 0.5) is 17.1 Å². The van der Waals surface area contributed by atoms with E-state index < -0.39 is 28.2 Å². The summed E-state index contributed by atoms with van der Waals surface area (Å²) in [4.78, 5) is 3.97. The van der Waals surface area contributed by atoms with Gasteiger partial charge in [0.15, 0.2) is 9.84 Å². The molecule has 186 valence electrons. The minimum Gasteiger partial charge on any atom is -0.399 e. The molecular formula is C25H33BN4O4S. The molecule has 0 aliphatic carbocycles. The highest BCUT2D eigenvalue weighted by Crippen LogP contribution is 2.40. The van der Waals surface area contributed by atoms with Crippen molar-refractivity contribution in [2.75, 3.05) is 22.6 Å². The minimum absolute atomic E-state index is 0.183. The van der Waals surface area contributed by atoms with Crippen LogP contribution in [0, 0.1) is 16.7 Å². The van der Waals surface area contributed by atoms with Crippen LogP contribution < -0.4 is 15.3 Å². The molecule has 2 aromatic rings. The zero-order valence-electron chi connectivity index (χ0n) is 21.3. The van der Waals surface area contributed by atoms with Gasteiger partial charge in [0.25, 0.3) is 0 Å². The normalized spacial score (nSPS) is 21.6. The molecule has 1 atom stereocenters. The fourth-order valence-corrected chi connectivity index (χ4v) is 4.99. The number of benzene rings is 2. The van der Waals surface area contributed by atoms with Crippen molar-refractivity contribution in [3.63, 3.8) is 0 Å². The second-order valence-electron chi connectivity index (χ2n) is 10.4. The van der Waals surface area contributed by atoms with Gasteiger partial charge in [0.05, 0.1) is 27.5 Å². The van der Waals surface area contributed by atoms with Crippen LogP contribution in [0.2, 0.25) is 0 Å². The van der Waals surface area contributed by atoms with Crippen LogP contribution in [0.15, 0.2) is 47.4 Å². The van der Waals surface area contributed by atoms with Crippen molar-refractivity contribution in [3.8, 4) is 0 Å². The van der Waals surface area contributed by atoms with E-state index in [0.717, 1.165) is 16.8 Å². The standard InChI is InChI=1S/C25H33BN4O4S/c1-16-15-29(19-9-11-20(12-10-19)35(7,31)32)22-14-18(26-33-24(3,4)25(5,6)34-26)8-13-21(22)30(17(2)27)23(16)28/h8-14,16,27-28H,15H2,1-7H3.